The van der Waals surface area contributed by atoms with Crippen molar-refractivity contribution in [3.8, 4) is 23.0 Å². The van der Waals surface area contributed by atoms with Crippen LogP contribution in [0.15, 0.2) is 30.5 Å². The number of rotatable bonds is 8. The highest BCUT2D eigenvalue weighted by Gasteiger charge is 2.49. The van der Waals surface area contributed by atoms with Crippen molar-refractivity contribution < 1.29 is 32.6 Å². The monoisotopic (exact) mass is 662 g/mol. The number of aryl methyl sites for hydroxylation is 1. The first-order valence-electron chi connectivity index (χ1n) is 16.3. The molecule has 10 nitrogen and oxygen atoms in total. The second-order valence-corrected chi connectivity index (χ2v) is 13.3. The molecule has 3 fully saturated rings. The first-order chi connectivity index (χ1) is 23.0. The summed E-state index contributed by atoms with van der Waals surface area (Å²) in [6.07, 6.45) is 3.04. The minimum atomic E-state index is -0.953. The molecule has 13 heteroatoms. The van der Waals surface area contributed by atoms with Crippen molar-refractivity contribution in [3.05, 3.63) is 47.7 Å². The lowest BCUT2D eigenvalue weighted by atomic mass is 9.94. The molecule has 1 N–H and O–H groups in total. The van der Waals surface area contributed by atoms with Crippen LogP contribution in [0.5, 0.6) is 11.8 Å². The Morgan fingerprint density at radius 2 is 1.96 bits per heavy atom. The van der Waals surface area contributed by atoms with Gasteiger partial charge in [-0.25, -0.2) is 13.2 Å². The molecule has 252 valence electrons. The lowest BCUT2D eigenvalue weighted by molar-refractivity contribution is -0.142. The third-order valence-electron chi connectivity index (χ3n) is 10.2. The van der Waals surface area contributed by atoms with Crippen LogP contribution >= 0.6 is 0 Å². The zero-order valence-corrected chi connectivity index (χ0v) is 27.1. The van der Waals surface area contributed by atoms with Crippen LogP contribution in [0.25, 0.3) is 32.9 Å². The number of ether oxygens (including phenoxy) is 1. The number of hydrogen-bond donors (Lipinski definition) is 1. The van der Waals surface area contributed by atoms with Gasteiger partial charge >= 0.3 is 6.01 Å². The second kappa shape index (κ2) is 12.2. The van der Waals surface area contributed by atoms with Crippen LogP contribution in [-0.2, 0) is 16.0 Å². The van der Waals surface area contributed by atoms with Gasteiger partial charge in [-0.2, -0.15) is 9.97 Å². The van der Waals surface area contributed by atoms with Crippen LogP contribution < -0.4 is 9.64 Å². The Hall–Kier alpha value is -4.52. The van der Waals surface area contributed by atoms with E-state index in [9.17, 15) is 23.5 Å². The highest BCUT2D eigenvalue weighted by Crippen LogP contribution is 2.42. The summed E-state index contributed by atoms with van der Waals surface area (Å²) in [7, 11) is 1.45. The molecule has 4 aromatic rings. The van der Waals surface area contributed by atoms with Crippen molar-refractivity contribution in [2.75, 3.05) is 44.7 Å². The standard InChI is InChI=1S/C35H37F3N6O4/c1-4-24-27(37)7-6-21-11-23(46)12-25(29(21)24)31-30(38)32-26(14-39-31)33(43-15-20(16-43)10-28(47)42(3)19(2)45)41-34(40-32)48-18-35-8-5-9-44(35)17-22(36)13-35/h6-7,11-12,14,20,22,46H,4-5,8-10,13,15-18H2,1-3H3/t22-,35+/m1/s1. The number of anilines is 1. The maximum atomic E-state index is 16.8. The van der Waals surface area contributed by atoms with Crippen LogP contribution in [0.3, 0.4) is 0 Å². The van der Waals surface area contributed by atoms with Gasteiger partial charge < -0.3 is 14.7 Å². The number of halogens is 3. The number of amides is 2. The predicted octanol–water partition coefficient (Wildman–Crippen LogP) is 5.18. The van der Waals surface area contributed by atoms with Gasteiger partial charge in [-0.3, -0.25) is 24.4 Å². The van der Waals surface area contributed by atoms with E-state index in [1.807, 2.05) is 4.90 Å². The van der Waals surface area contributed by atoms with E-state index in [1.165, 1.54) is 44.4 Å². The Balaban J connectivity index is 1.29. The number of aromatic nitrogens is 3. The normalized spacial score (nSPS) is 21.1. The van der Waals surface area contributed by atoms with Crippen LogP contribution in [0.4, 0.5) is 19.0 Å². The van der Waals surface area contributed by atoms with Crippen molar-refractivity contribution >= 4 is 39.3 Å². The van der Waals surface area contributed by atoms with Crippen molar-refractivity contribution in [3.63, 3.8) is 0 Å². The molecule has 2 atom stereocenters. The first kappa shape index (κ1) is 32.0. The highest BCUT2D eigenvalue weighted by atomic mass is 19.1. The summed E-state index contributed by atoms with van der Waals surface area (Å²) in [5.41, 5.74) is -0.0734. The number of carbonyl (C=O) groups excluding carboxylic acids is 2. The van der Waals surface area contributed by atoms with Gasteiger partial charge in [0.1, 0.15) is 41.4 Å². The topological polar surface area (TPSA) is 112 Å². The second-order valence-electron chi connectivity index (χ2n) is 13.3. The zero-order valence-electron chi connectivity index (χ0n) is 27.1. The van der Waals surface area contributed by atoms with Gasteiger partial charge in [0.25, 0.3) is 0 Å². The minimum absolute atomic E-state index is 0.0577. The molecule has 3 saturated heterocycles. The number of alkyl halides is 1. The van der Waals surface area contributed by atoms with E-state index in [1.54, 1.807) is 6.92 Å². The number of imide groups is 1. The van der Waals surface area contributed by atoms with Crippen molar-refractivity contribution in [1.29, 1.82) is 0 Å². The van der Waals surface area contributed by atoms with E-state index in [0.29, 0.717) is 60.0 Å². The number of hydrogen-bond acceptors (Lipinski definition) is 9. The molecule has 2 aromatic heterocycles. The molecule has 0 spiro atoms. The lowest BCUT2D eigenvalue weighted by Crippen LogP contribution is -2.49. The summed E-state index contributed by atoms with van der Waals surface area (Å²) >= 11 is 0. The zero-order chi connectivity index (χ0) is 33.9. The molecular formula is C35H37F3N6O4. The van der Waals surface area contributed by atoms with Gasteiger partial charge in [-0.15, -0.1) is 0 Å². The maximum absolute atomic E-state index is 16.8. The Bertz CT molecular complexity index is 1950. The van der Waals surface area contributed by atoms with Crippen molar-refractivity contribution in [1.82, 2.24) is 24.8 Å². The van der Waals surface area contributed by atoms with E-state index in [4.69, 9.17) is 4.74 Å². The smallest absolute Gasteiger partial charge is 0.319 e. The SMILES string of the molecule is CCc1c(F)ccc2cc(O)cc(-c3ncc4c(N5CC(CC(=O)N(C)C(C)=O)C5)nc(OC[C@@]56CCCN5C[C@H](F)C6)nc4c3F)c12. The average molecular weight is 663 g/mol. The molecule has 7 rings (SSSR count). The fourth-order valence-corrected chi connectivity index (χ4v) is 7.63. The number of carbonyl (C=O) groups is 2. The summed E-state index contributed by atoms with van der Waals surface area (Å²) in [5.74, 6) is -1.68. The molecule has 0 aliphatic carbocycles. The van der Waals surface area contributed by atoms with Crippen LogP contribution in [-0.4, -0.2) is 93.2 Å². The largest absolute Gasteiger partial charge is 0.508 e. The van der Waals surface area contributed by atoms with Gasteiger partial charge in [0.05, 0.1) is 10.9 Å². The number of benzene rings is 2. The highest BCUT2D eigenvalue weighted by molar-refractivity contribution is 6.02. The fourth-order valence-electron chi connectivity index (χ4n) is 7.63. The summed E-state index contributed by atoms with van der Waals surface area (Å²) in [4.78, 5) is 42.9. The number of phenolic OH excluding ortho intramolecular Hbond substituents is 1. The Kier molecular flexibility index (Phi) is 8.13. The summed E-state index contributed by atoms with van der Waals surface area (Å²) in [5, 5.41) is 11.8. The summed E-state index contributed by atoms with van der Waals surface area (Å²) < 4.78 is 52.4. The quantitative estimate of drug-likeness (QED) is 0.273. The van der Waals surface area contributed by atoms with E-state index >= 15 is 4.39 Å². The summed E-state index contributed by atoms with van der Waals surface area (Å²) in [6.45, 7) is 5.24. The molecule has 0 unspecified atom stereocenters. The predicted molar refractivity (Wildman–Crippen MR) is 174 cm³/mol. The van der Waals surface area contributed by atoms with Gasteiger partial charge in [-0.1, -0.05) is 13.0 Å². The summed E-state index contributed by atoms with van der Waals surface area (Å²) in [6, 6.07) is 5.65. The van der Waals surface area contributed by atoms with E-state index in [-0.39, 0.29) is 59.3 Å². The molecule has 5 heterocycles. The third kappa shape index (κ3) is 5.47. The number of nitrogens with zero attached hydrogens (tertiary/aromatic N) is 6. The Morgan fingerprint density at radius 3 is 2.71 bits per heavy atom. The number of phenols is 1. The van der Waals surface area contributed by atoms with Crippen molar-refractivity contribution in [2.45, 2.75) is 57.7 Å². The van der Waals surface area contributed by atoms with Crippen LogP contribution in [0, 0.1) is 17.6 Å². The van der Waals surface area contributed by atoms with Crippen LogP contribution in [0.1, 0.15) is 45.1 Å². The molecule has 48 heavy (non-hydrogen) atoms. The molecule has 0 radical (unpaired) electrons. The lowest BCUT2D eigenvalue weighted by Gasteiger charge is -2.40. The molecule has 2 amide bonds. The van der Waals surface area contributed by atoms with Crippen LogP contribution in [0.2, 0.25) is 0 Å². The van der Waals surface area contributed by atoms with Gasteiger partial charge in [-0.05, 0) is 60.3 Å². The third-order valence-corrected chi connectivity index (χ3v) is 10.2. The minimum Gasteiger partial charge on any atom is -0.508 e. The molecule has 3 aliphatic heterocycles. The maximum Gasteiger partial charge on any atom is 0.319 e. The Morgan fingerprint density at radius 1 is 1.17 bits per heavy atom. The molecule has 2 aromatic carbocycles. The van der Waals surface area contributed by atoms with Gasteiger partial charge in [0.15, 0.2) is 5.82 Å². The van der Waals surface area contributed by atoms with Crippen molar-refractivity contribution in [2.24, 2.45) is 5.92 Å². The van der Waals surface area contributed by atoms with E-state index in [2.05, 4.69) is 19.9 Å². The molecular weight excluding hydrogens is 625 g/mol. The molecule has 3 aliphatic rings. The molecule has 0 bridgehead atoms. The van der Waals surface area contributed by atoms with E-state index < -0.39 is 23.3 Å². The number of pyridine rings is 1. The van der Waals surface area contributed by atoms with Gasteiger partial charge in [0.2, 0.25) is 11.8 Å². The Labute approximate surface area is 275 Å². The number of aromatic hydroxyl groups is 1. The van der Waals surface area contributed by atoms with Gasteiger partial charge in [0, 0.05) is 64.1 Å². The molecule has 0 saturated carbocycles. The van der Waals surface area contributed by atoms with E-state index in [0.717, 1.165) is 24.3 Å². The first-order valence-corrected chi connectivity index (χ1v) is 16.3. The number of fused-ring (bicyclic) bond motifs is 3. The fraction of sp³-hybridized carbons (Fsp3) is 0.457. The average Bonchev–Trinajstić information content (AvgIpc) is 3.56.